The van der Waals surface area contributed by atoms with Crippen molar-refractivity contribution in [1.82, 2.24) is 14.7 Å². The molecule has 1 fully saturated rings. The Hall–Kier alpha value is -2.99. The zero-order chi connectivity index (χ0) is 19.0. The highest BCUT2D eigenvalue weighted by atomic mass is 16.5. The minimum absolute atomic E-state index is 0.0380. The summed E-state index contributed by atoms with van der Waals surface area (Å²) >= 11 is 0. The second-order valence-electron chi connectivity index (χ2n) is 6.91. The van der Waals surface area contributed by atoms with E-state index < -0.39 is 0 Å². The highest BCUT2D eigenvalue weighted by Gasteiger charge is 2.29. The van der Waals surface area contributed by atoms with Crippen LogP contribution in [0.15, 0.2) is 59.4 Å². The van der Waals surface area contributed by atoms with E-state index in [1.807, 2.05) is 38.1 Å². The third kappa shape index (κ3) is 3.24. The summed E-state index contributed by atoms with van der Waals surface area (Å²) < 4.78 is 7.04. The number of hydrogen-bond donors (Lipinski definition) is 0. The molecule has 2 heterocycles. The molecule has 0 N–H and O–H groups in total. The second kappa shape index (κ2) is 6.96. The van der Waals surface area contributed by atoms with Gasteiger partial charge in [-0.1, -0.05) is 36.4 Å². The molecule has 6 nitrogen and oxygen atoms in total. The van der Waals surface area contributed by atoms with Crippen LogP contribution in [0.4, 0.5) is 0 Å². The number of fused-ring (bicyclic) bond motifs is 1. The number of morpholine rings is 1. The summed E-state index contributed by atoms with van der Waals surface area (Å²) in [5, 5.41) is 5.52. The molecule has 3 aromatic rings. The lowest BCUT2D eigenvalue weighted by molar-refractivity contribution is -0.0587. The standard InChI is InChI=1S/C21H21N3O3/c1-14-12-23(13-15(2)27-14)21(26)19-17-10-6-7-11-18(17)20(25)24(22-19)16-8-4-3-5-9-16/h3-11,14-15H,12-13H2,1-2H3/t14-,15-/m0/s1. The molecular weight excluding hydrogens is 342 g/mol. The van der Waals surface area contributed by atoms with Crippen LogP contribution in [0.1, 0.15) is 24.3 Å². The van der Waals surface area contributed by atoms with Crippen molar-refractivity contribution >= 4 is 16.7 Å². The van der Waals surface area contributed by atoms with Gasteiger partial charge in [0.15, 0.2) is 5.69 Å². The molecule has 2 aromatic carbocycles. The molecule has 0 bridgehead atoms. The molecule has 2 atom stereocenters. The van der Waals surface area contributed by atoms with E-state index in [1.54, 1.807) is 35.2 Å². The Morgan fingerprint density at radius 2 is 1.56 bits per heavy atom. The first-order chi connectivity index (χ1) is 13.0. The van der Waals surface area contributed by atoms with Gasteiger partial charge in [0.1, 0.15) is 0 Å². The van der Waals surface area contributed by atoms with Gasteiger partial charge in [-0.25, -0.2) is 0 Å². The number of aromatic nitrogens is 2. The number of amides is 1. The van der Waals surface area contributed by atoms with Crippen LogP contribution in [0.3, 0.4) is 0 Å². The van der Waals surface area contributed by atoms with E-state index in [4.69, 9.17) is 4.74 Å². The van der Waals surface area contributed by atoms with E-state index in [1.165, 1.54) is 4.68 Å². The predicted molar refractivity (Wildman–Crippen MR) is 103 cm³/mol. The van der Waals surface area contributed by atoms with Crippen LogP contribution >= 0.6 is 0 Å². The van der Waals surface area contributed by atoms with Gasteiger partial charge in [-0.2, -0.15) is 9.78 Å². The number of ether oxygens (including phenoxy) is 1. The highest BCUT2D eigenvalue weighted by molar-refractivity contribution is 6.04. The molecule has 0 saturated carbocycles. The fraction of sp³-hybridized carbons (Fsp3) is 0.286. The maximum absolute atomic E-state index is 13.3. The van der Waals surface area contributed by atoms with Gasteiger partial charge in [0.2, 0.25) is 0 Å². The second-order valence-corrected chi connectivity index (χ2v) is 6.91. The molecule has 6 heteroatoms. The number of carbonyl (C=O) groups excluding carboxylic acids is 1. The van der Waals surface area contributed by atoms with Gasteiger partial charge < -0.3 is 9.64 Å². The van der Waals surface area contributed by atoms with Crippen molar-refractivity contribution in [1.29, 1.82) is 0 Å². The van der Waals surface area contributed by atoms with Crippen molar-refractivity contribution in [3.8, 4) is 5.69 Å². The van der Waals surface area contributed by atoms with E-state index >= 15 is 0 Å². The molecule has 0 spiro atoms. The van der Waals surface area contributed by atoms with Gasteiger partial charge in [-0.05, 0) is 32.0 Å². The molecule has 0 aliphatic carbocycles. The minimum atomic E-state index is -0.239. The molecule has 27 heavy (non-hydrogen) atoms. The third-order valence-electron chi connectivity index (χ3n) is 4.72. The molecule has 1 amide bonds. The highest BCUT2D eigenvalue weighted by Crippen LogP contribution is 2.19. The van der Waals surface area contributed by atoms with Gasteiger partial charge in [-0.15, -0.1) is 0 Å². The molecule has 1 aromatic heterocycles. The van der Waals surface area contributed by atoms with Crippen LogP contribution < -0.4 is 5.56 Å². The largest absolute Gasteiger partial charge is 0.372 e. The summed E-state index contributed by atoms with van der Waals surface area (Å²) in [7, 11) is 0. The molecular formula is C21H21N3O3. The zero-order valence-corrected chi connectivity index (χ0v) is 15.3. The summed E-state index contributed by atoms with van der Waals surface area (Å²) in [5.41, 5.74) is 0.679. The van der Waals surface area contributed by atoms with Gasteiger partial charge >= 0.3 is 0 Å². The fourth-order valence-corrected chi connectivity index (χ4v) is 3.59. The van der Waals surface area contributed by atoms with Crippen LogP contribution in [0.2, 0.25) is 0 Å². The number of carbonyl (C=O) groups is 1. The van der Waals surface area contributed by atoms with Gasteiger partial charge in [0, 0.05) is 18.5 Å². The van der Waals surface area contributed by atoms with Crippen molar-refractivity contribution in [2.45, 2.75) is 26.1 Å². The number of rotatable bonds is 2. The molecule has 4 rings (SSSR count). The van der Waals surface area contributed by atoms with Crippen LogP contribution in [0, 0.1) is 0 Å². The predicted octanol–water partition coefficient (Wildman–Crippen LogP) is 2.64. The average Bonchev–Trinajstić information content (AvgIpc) is 2.68. The monoisotopic (exact) mass is 363 g/mol. The third-order valence-corrected chi connectivity index (χ3v) is 4.72. The van der Waals surface area contributed by atoms with Crippen molar-refractivity contribution in [3.63, 3.8) is 0 Å². The van der Waals surface area contributed by atoms with Crippen molar-refractivity contribution in [3.05, 3.63) is 70.6 Å². The maximum Gasteiger partial charge on any atom is 0.279 e. The molecule has 138 valence electrons. The Morgan fingerprint density at radius 3 is 2.22 bits per heavy atom. The lowest BCUT2D eigenvalue weighted by atomic mass is 10.1. The van der Waals surface area contributed by atoms with Gasteiger partial charge in [0.25, 0.3) is 11.5 Å². The smallest absolute Gasteiger partial charge is 0.279 e. The lowest BCUT2D eigenvalue weighted by Crippen LogP contribution is -2.48. The topological polar surface area (TPSA) is 64.4 Å². The first-order valence-electron chi connectivity index (χ1n) is 9.07. The Kier molecular flexibility index (Phi) is 4.49. The maximum atomic E-state index is 13.3. The number of nitrogens with zero attached hydrogens (tertiary/aromatic N) is 3. The summed E-state index contributed by atoms with van der Waals surface area (Å²) in [6.07, 6.45) is -0.0759. The minimum Gasteiger partial charge on any atom is -0.372 e. The first kappa shape index (κ1) is 17.4. The number of para-hydroxylation sites is 1. The molecule has 1 saturated heterocycles. The van der Waals surface area contributed by atoms with Crippen LogP contribution in [0.5, 0.6) is 0 Å². The Morgan fingerprint density at radius 1 is 0.963 bits per heavy atom. The number of benzene rings is 2. The Bertz CT molecular complexity index is 1040. The van der Waals surface area contributed by atoms with Gasteiger partial charge in [0.05, 0.1) is 23.3 Å². The van der Waals surface area contributed by atoms with Crippen molar-refractivity contribution < 1.29 is 9.53 Å². The fourth-order valence-electron chi connectivity index (χ4n) is 3.59. The Labute approximate surface area is 157 Å². The van der Waals surface area contributed by atoms with E-state index in [9.17, 15) is 9.59 Å². The lowest BCUT2D eigenvalue weighted by Gasteiger charge is -2.35. The van der Waals surface area contributed by atoms with Crippen molar-refractivity contribution in [2.24, 2.45) is 0 Å². The molecule has 1 aliphatic heterocycles. The van der Waals surface area contributed by atoms with Crippen LogP contribution in [-0.2, 0) is 4.74 Å². The zero-order valence-electron chi connectivity index (χ0n) is 15.3. The van der Waals surface area contributed by atoms with Gasteiger partial charge in [-0.3, -0.25) is 9.59 Å². The average molecular weight is 363 g/mol. The summed E-state index contributed by atoms with van der Waals surface area (Å²) in [5.74, 6) is -0.183. The van der Waals surface area contributed by atoms with Crippen molar-refractivity contribution in [2.75, 3.05) is 13.1 Å². The van der Waals surface area contributed by atoms with Crippen LogP contribution in [-0.4, -0.2) is 45.9 Å². The number of hydrogen-bond acceptors (Lipinski definition) is 4. The summed E-state index contributed by atoms with van der Waals surface area (Å²) in [6.45, 7) is 4.91. The quantitative estimate of drug-likeness (QED) is 0.702. The van der Waals surface area contributed by atoms with E-state index in [-0.39, 0.29) is 29.4 Å². The normalized spacial score (nSPS) is 20.0. The first-order valence-corrected chi connectivity index (χ1v) is 9.07. The molecule has 1 aliphatic rings. The Balaban J connectivity index is 1.88. The summed E-state index contributed by atoms with van der Waals surface area (Å²) in [6, 6.07) is 16.3. The molecule has 0 radical (unpaired) electrons. The SMILES string of the molecule is C[C@H]1CN(C(=O)c2nn(-c3ccccc3)c(=O)c3ccccc23)C[C@H](C)O1. The summed E-state index contributed by atoms with van der Waals surface area (Å²) in [4.78, 5) is 28.0. The molecule has 0 unspecified atom stereocenters. The van der Waals surface area contributed by atoms with E-state index in [2.05, 4.69) is 5.10 Å². The van der Waals surface area contributed by atoms with Crippen LogP contribution in [0.25, 0.3) is 16.5 Å². The van der Waals surface area contributed by atoms with E-state index in [0.29, 0.717) is 29.5 Å². The van der Waals surface area contributed by atoms with E-state index in [0.717, 1.165) is 0 Å².